The van der Waals surface area contributed by atoms with Gasteiger partial charge in [0, 0.05) is 47.7 Å². The van der Waals surface area contributed by atoms with Crippen molar-refractivity contribution in [1.82, 2.24) is 4.90 Å². The molecule has 1 saturated heterocycles. The number of urea groups is 1. The van der Waals surface area contributed by atoms with Crippen LogP contribution in [0.1, 0.15) is 18.4 Å². The van der Waals surface area contributed by atoms with Crippen LogP contribution in [0.25, 0.3) is 0 Å². The lowest BCUT2D eigenvalue weighted by atomic mass is 9.84. The van der Waals surface area contributed by atoms with Crippen molar-refractivity contribution in [1.29, 1.82) is 0 Å². The molecule has 0 atom stereocenters. The van der Waals surface area contributed by atoms with Crippen LogP contribution in [0.4, 0.5) is 14.9 Å². The third kappa shape index (κ3) is 7.28. The quantitative estimate of drug-likeness (QED) is 0.220. The van der Waals surface area contributed by atoms with Gasteiger partial charge < -0.3 is 24.8 Å². The number of sulfone groups is 1. The molecule has 1 aliphatic rings. The smallest absolute Gasteiger partial charge is 0.321 e. The summed E-state index contributed by atoms with van der Waals surface area (Å²) in [5, 5.41) is 14.1. The zero-order valence-corrected chi connectivity index (χ0v) is 25.0. The minimum absolute atomic E-state index is 0.157. The number of aliphatic hydroxyl groups is 1. The van der Waals surface area contributed by atoms with Gasteiger partial charge >= 0.3 is 6.03 Å². The normalized spacial score (nSPS) is 14.7. The molecule has 0 aliphatic carbocycles. The maximum absolute atomic E-state index is 13.4. The third-order valence-corrected chi connectivity index (χ3v) is 8.58. The van der Waals surface area contributed by atoms with E-state index in [1.54, 1.807) is 23.1 Å². The SMILES string of the molecule is CS(=O)(=O)c1ccc(Oc2cc(NC(=O)N3CCC(O)(c4ccc(Br)cc4)CC3)cc(Oc3ccc(F)cc3)c2)cc1. The summed E-state index contributed by atoms with van der Waals surface area (Å²) < 4.78 is 49.8. The van der Waals surface area contributed by atoms with E-state index in [-0.39, 0.29) is 10.9 Å². The van der Waals surface area contributed by atoms with Crippen molar-refractivity contribution in [2.24, 2.45) is 0 Å². The molecule has 11 heteroatoms. The van der Waals surface area contributed by atoms with Gasteiger partial charge in [-0.15, -0.1) is 0 Å². The Balaban J connectivity index is 1.33. The Bertz CT molecular complexity index is 1670. The molecule has 0 spiro atoms. The minimum Gasteiger partial charge on any atom is -0.457 e. The molecule has 0 bridgehead atoms. The Morgan fingerprint density at radius 2 is 1.38 bits per heavy atom. The summed E-state index contributed by atoms with van der Waals surface area (Å²) in [6.45, 7) is 0.695. The number of hydrogen-bond acceptors (Lipinski definition) is 6. The summed E-state index contributed by atoms with van der Waals surface area (Å²) in [7, 11) is -3.36. The molecular weight excluding hydrogens is 627 g/mol. The predicted octanol–water partition coefficient (Wildman–Crippen LogP) is 7.09. The Morgan fingerprint density at radius 3 is 1.90 bits per heavy atom. The predicted molar refractivity (Wildman–Crippen MR) is 160 cm³/mol. The summed E-state index contributed by atoms with van der Waals surface area (Å²) in [6.07, 6.45) is 1.89. The van der Waals surface area contributed by atoms with Gasteiger partial charge in [-0.1, -0.05) is 28.1 Å². The largest absolute Gasteiger partial charge is 0.457 e. The molecule has 42 heavy (non-hydrogen) atoms. The molecule has 5 rings (SSSR count). The number of amides is 2. The van der Waals surface area contributed by atoms with Crippen LogP contribution >= 0.6 is 15.9 Å². The summed E-state index contributed by atoms with van der Waals surface area (Å²) >= 11 is 3.41. The third-order valence-electron chi connectivity index (χ3n) is 6.93. The average Bonchev–Trinajstić information content (AvgIpc) is 2.95. The van der Waals surface area contributed by atoms with Crippen LogP contribution in [0.2, 0.25) is 0 Å². The molecular formula is C31H28BrFN2O6S. The first-order valence-electron chi connectivity index (χ1n) is 13.1. The highest BCUT2D eigenvalue weighted by atomic mass is 79.9. The number of nitrogens with zero attached hydrogens (tertiary/aromatic N) is 1. The van der Waals surface area contributed by atoms with E-state index in [9.17, 15) is 22.7 Å². The number of nitrogens with one attached hydrogen (secondary N) is 1. The van der Waals surface area contributed by atoms with Crippen molar-refractivity contribution in [3.63, 3.8) is 0 Å². The van der Waals surface area contributed by atoms with Gasteiger partial charge in [-0.3, -0.25) is 0 Å². The van der Waals surface area contributed by atoms with Gasteiger partial charge in [-0.05, 0) is 79.1 Å². The highest BCUT2D eigenvalue weighted by molar-refractivity contribution is 9.10. The number of rotatable bonds is 7. The first-order chi connectivity index (χ1) is 20.0. The summed E-state index contributed by atoms with van der Waals surface area (Å²) in [4.78, 5) is 15.0. The number of ether oxygens (including phenoxy) is 2. The van der Waals surface area contributed by atoms with Crippen LogP contribution in [-0.4, -0.2) is 43.8 Å². The summed E-state index contributed by atoms with van der Waals surface area (Å²) in [5.74, 6) is 0.998. The number of benzene rings is 4. The Labute approximate surface area is 251 Å². The molecule has 1 aliphatic heterocycles. The van der Waals surface area contributed by atoms with Gasteiger partial charge in [0.15, 0.2) is 9.84 Å². The van der Waals surface area contributed by atoms with Crippen molar-refractivity contribution in [2.75, 3.05) is 24.7 Å². The molecule has 2 amide bonds. The highest BCUT2D eigenvalue weighted by Crippen LogP contribution is 2.35. The van der Waals surface area contributed by atoms with Crippen LogP contribution in [0.5, 0.6) is 23.0 Å². The number of hydrogen-bond donors (Lipinski definition) is 2. The van der Waals surface area contributed by atoms with E-state index in [0.29, 0.717) is 54.6 Å². The lowest BCUT2D eigenvalue weighted by molar-refractivity contribution is -0.0157. The fourth-order valence-electron chi connectivity index (χ4n) is 4.62. The molecule has 0 radical (unpaired) electrons. The van der Waals surface area contributed by atoms with E-state index in [1.807, 2.05) is 24.3 Å². The zero-order chi connectivity index (χ0) is 29.9. The fourth-order valence-corrected chi connectivity index (χ4v) is 5.52. The van der Waals surface area contributed by atoms with E-state index in [0.717, 1.165) is 16.3 Å². The average molecular weight is 656 g/mol. The van der Waals surface area contributed by atoms with Crippen LogP contribution in [-0.2, 0) is 15.4 Å². The van der Waals surface area contributed by atoms with Crippen molar-refractivity contribution < 1.29 is 32.2 Å². The molecule has 1 fully saturated rings. The topological polar surface area (TPSA) is 105 Å². The Kier molecular flexibility index (Phi) is 8.53. The van der Waals surface area contributed by atoms with Crippen molar-refractivity contribution in [3.8, 4) is 23.0 Å². The number of likely N-dealkylation sites (tertiary alicyclic amines) is 1. The van der Waals surface area contributed by atoms with Gasteiger partial charge in [-0.25, -0.2) is 17.6 Å². The van der Waals surface area contributed by atoms with Crippen LogP contribution < -0.4 is 14.8 Å². The number of carbonyl (C=O) groups is 1. The van der Waals surface area contributed by atoms with Crippen molar-refractivity contribution >= 4 is 37.5 Å². The van der Waals surface area contributed by atoms with Gasteiger partial charge in [0.05, 0.1) is 10.5 Å². The maximum atomic E-state index is 13.4. The molecule has 0 unspecified atom stereocenters. The van der Waals surface area contributed by atoms with Crippen LogP contribution in [0, 0.1) is 5.82 Å². The molecule has 2 N–H and O–H groups in total. The molecule has 0 aromatic heterocycles. The number of piperidine rings is 1. The number of anilines is 1. The number of carbonyl (C=O) groups excluding carboxylic acids is 1. The zero-order valence-electron chi connectivity index (χ0n) is 22.6. The van der Waals surface area contributed by atoms with Crippen molar-refractivity contribution in [2.45, 2.75) is 23.3 Å². The molecule has 0 saturated carbocycles. The highest BCUT2D eigenvalue weighted by Gasteiger charge is 2.35. The van der Waals surface area contributed by atoms with Crippen LogP contribution in [0.3, 0.4) is 0 Å². The van der Waals surface area contributed by atoms with E-state index >= 15 is 0 Å². The summed E-state index contributed by atoms with van der Waals surface area (Å²) in [5.41, 5.74) is 0.174. The van der Waals surface area contributed by atoms with Crippen molar-refractivity contribution in [3.05, 3.63) is 107 Å². The minimum atomic E-state index is -3.36. The van der Waals surface area contributed by atoms with E-state index < -0.39 is 21.3 Å². The molecule has 4 aromatic rings. The Hall–Kier alpha value is -3.93. The molecule has 1 heterocycles. The van der Waals surface area contributed by atoms with Gasteiger partial charge in [0.2, 0.25) is 0 Å². The lowest BCUT2D eigenvalue weighted by Gasteiger charge is -2.38. The van der Waals surface area contributed by atoms with Crippen LogP contribution in [0.15, 0.2) is 100 Å². The Morgan fingerprint density at radius 1 is 0.857 bits per heavy atom. The second-order valence-corrected chi connectivity index (χ2v) is 13.0. The molecule has 218 valence electrons. The first kappa shape index (κ1) is 29.6. The second kappa shape index (κ2) is 12.1. The van der Waals surface area contributed by atoms with E-state index in [1.165, 1.54) is 48.5 Å². The summed E-state index contributed by atoms with van der Waals surface area (Å²) in [6, 6.07) is 23.4. The van der Waals surface area contributed by atoms with Gasteiger partial charge in [-0.2, -0.15) is 0 Å². The molecule has 8 nitrogen and oxygen atoms in total. The number of halogens is 2. The van der Waals surface area contributed by atoms with E-state index in [2.05, 4.69) is 21.2 Å². The van der Waals surface area contributed by atoms with Gasteiger partial charge in [0.25, 0.3) is 0 Å². The van der Waals surface area contributed by atoms with E-state index in [4.69, 9.17) is 9.47 Å². The molecule has 4 aromatic carbocycles. The van der Waals surface area contributed by atoms with Gasteiger partial charge in [0.1, 0.15) is 28.8 Å². The standard InChI is InChI=1S/C31H28BrFN2O6S/c1-42(38,39)29-12-10-26(11-13-29)41-28-19-24(18-27(20-28)40-25-8-6-23(33)7-9-25)34-30(36)35-16-14-31(37,15-17-35)21-2-4-22(32)5-3-21/h2-13,18-20,37H,14-17H2,1H3,(H,34,36). The fraction of sp³-hybridized carbons (Fsp3) is 0.194. The first-order valence-corrected chi connectivity index (χ1v) is 15.8. The maximum Gasteiger partial charge on any atom is 0.321 e. The monoisotopic (exact) mass is 654 g/mol. The lowest BCUT2D eigenvalue weighted by Crippen LogP contribution is -2.46. The second-order valence-electron chi connectivity index (χ2n) is 10.1.